The van der Waals surface area contributed by atoms with Crippen molar-refractivity contribution in [3.8, 4) is 0 Å². The molecule has 0 saturated carbocycles. The van der Waals surface area contributed by atoms with Gasteiger partial charge < -0.3 is 10.6 Å². The maximum absolute atomic E-state index is 11.6. The van der Waals surface area contributed by atoms with Gasteiger partial charge in [-0.05, 0) is 42.9 Å². The topological polar surface area (TPSA) is 61.4 Å². The zero-order chi connectivity index (χ0) is 17.7. The highest BCUT2D eigenvalue weighted by Gasteiger charge is 2.12. The molecule has 1 atom stereocenters. The molecule has 0 spiro atoms. The Morgan fingerprint density at radius 2 is 1.79 bits per heavy atom. The van der Waals surface area contributed by atoms with Crippen molar-refractivity contribution >= 4 is 38.7 Å². The van der Waals surface area contributed by atoms with E-state index in [1.165, 1.54) is 17.6 Å². The van der Waals surface area contributed by atoms with Crippen LogP contribution >= 0.6 is 12.2 Å². The minimum Gasteiger partial charge on any atom is -0.356 e. The van der Waals surface area contributed by atoms with E-state index in [4.69, 9.17) is 12.2 Å². The third-order valence-electron chi connectivity index (χ3n) is 3.61. The van der Waals surface area contributed by atoms with Gasteiger partial charge in [-0.2, -0.15) is 0 Å². The van der Waals surface area contributed by atoms with Crippen molar-refractivity contribution < 1.29 is 8.42 Å². The first-order valence-electron chi connectivity index (χ1n) is 7.44. The standard InChI is InChI=1S/C17H21N3O2S2/c1-13(14-8-5-4-6-9-14)18-17(23)19-15-10-7-11-16(12-15)20(2)24(3,21)22/h4-13H,1-3H3,(H2,18,19,23). The van der Waals surface area contributed by atoms with Crippen molar-refractivity contribution in [2.24, 2.45) is 0 Å². The molecule has 2 aromatic carbocycles. The Labute approximate surface area is 148 Å². The minimum atomic E-state index is -3.30. The van der Waals surface area contributed by atoms with Gasteiger partial charge in [0.25, 0.3) is 0 Å². The first-order valence-corrected chi connectivity index (χ1v) is 9.69. The third-order valence-corrected chi connectivity index (χ3v) is 5.04. The maximum atomic E-state index is 11.6. The molecule has 0 saturated heterocycles. The van der Waals surface area contributed by atoms with Crippen LogP contribution < -0.4 is 14.9 Å². The lowest BCUT2D eigenvalue weighted by molar-refractivity contribution is 0.600. The lowest BCUT2D eigenvalue weighted by Crippen LogP contribution is -2.31. The summed E-state index contributed by atoms with van der Waals surface area (Å²) >= 11 is 5.34. The lowest BCUT2D eigenvalue weighted by atomic mass is 10.1. The molecule has 0 amide bonds. The summed E-state index contributed by atoms with van der Waals surface area (Å²) in [4.78, 5) is 0. The summed E-state index contributed by atoms with van der Waals surface area (Å²) in [6.07, 6.45) is 1.17. The second-order valence-corrected chi connectivity index (χ2v) is 7.93. The number of anilines is 2. The molecule has 1 unspecified atom stereocenters. The zero-order valence-electron chi connectivity index (χ0n) is 13.9. The maximum Gasteiger partial charge on any atom is 0.231 e. The fraction of sp³-hybridized carbons (Fsp3) is 0.235. The smallest absolute Gasteiger partial charge is 0.231 e. The Morgan fingerprint density at radius 1 is 1.12 bits per heavy atom. The van der Waals surface area contributed by atoms with Crippen LogP contribution in [-0.4, -0.2) is 26.8 Å². The monoisotopic (exact) mass is 363 g/mol. The quantitative estimate of drug-likeness (QED) is 0.799. The molecule has 7 heteroatoms. The van der Waals surface area contributed by atoms with Crippen LogP contribution in [0.1, 0.15) is 18.5 Å². The SMILES string of the molecule is CC(NC(=S)Nc1cccc(N(C)S(C)(=O)=O)c1)c1ccccc1. The Hall–Kier alpha value is -2.12. The largest absolute Gasteiger partial charge is 0.356 e. The minimum absolute atomic E-state index is 0.0630. The molecule has 24 heavy (non-hydrogen) atoms. The van der Waals surface area contributed by atoms with Crippen LogP contribution in [0.25, 0.3) is 0 Å². The molecular weight excluding hydrogens is 342 g/mol. The first kappa shape index (κ1) is 18.2. The highest BCUT2D eigenvalue weighted by Crippen LogP contribution is 2.20. The number of sulfonamides is 1. The first-order chi connectivity index (χ1) is 11.3. The third kappa shape index (κ3) is 4.94. The summed E-state index contributed by atoms with van der Waals surface area (Å²) in [6, 6.07) is 17.1. The van der Waals surface area contributed by atoms with Gasteiger partial charge in [-0.25, -0.2) is 8.42 Å². The molecule has 5 nitrogen and oxygen atoms in total. The molecule has 2 N–H and O–H groups in total. The summed E-state index contributed by atoms with van der Waals surface area (Å²) < 4.78 is 24.5. The van der Waals surface area contributed by atoms with Gasteiger partial charge in [0, 0.05) is 12.7 Å². The van der Waals surface area contributed by atoms with E-state index in [-0.39, 0.29) is 6.04 Å². The molecule has 128 valence electrons. The van der Waals surface area contributed by atoms with Gasteiger partial charge in [0.2, 0.25) is 10.0 Å². The van der Waals surface area contributed by atoms with E-state index in [1.54, 1.807) is 18.2 Å². The van der Waals surface area contributed by atoms with Crippen LogP contribution in [0.3, 0.4) is 0 Å². The molecule has 0 heterocycles. The average molecular weight is 364 g/mol. The van der Waals surface area contributed by atoms with Crippen LogP contribution in [0.2, 0.25) is 0 Å². The van der Waals surface area contributed by atoms with Gasteiger partial charge >= 0.3 is 0 Å². The van der Waals surface area contributed by atoms with E-state index in [1.807, 2.05) is 43.3 Å². The number of rotatable bonds is 5. The van der Waals surface area contributed by atoms with Crippen molar-refractivity contribution in [3.63, 3.8) is 0 Å². The van der Waals surface area contributed by atoms with Gasteiger partial charge in [-0.15, -0.1) is 0 Å². The van der Waals surface area contributed by atoms with Crippen LogP contribution in [0.4, 0.5) is 11.4 Å². The molecule has 0 bridgehead atoms. The van der Waals surface area contributed by atoms with E-state index in [0.29, 0.717) is 10.8 Å². The van der Waals surface area contributed by atoms with Crippen LogP contribution in [0.5, 0.6) is 0 Å². The van der Waals surface area contributed by atoms with Crippen LogP contribution in [0, 0.1) is 0 Å². The summed E-state index contributed by atoms with van der Waals surface area (Å²) in [5, 5.41) is 6.78. The van der Waals surface area contributed by atoms with Crippen LogP contribution in [-0.2, 0) is 10.0 Å². The lowest BCUT2D eigenvalue weighted by Gasteiger charge is -2.19. The number of thiocarbonyl (C=S) groups is 1. The Bertz CT molecular complexity index is 808. The molecule has 0 aliphatic rings. The van der Waals surface area contributed by atoms with E-state index < -0.39 is 10.0 Å². The number of hydrogen-bond acceptors (Lipinski definition) is 3. The van der Waals surface area contributed by atoms with Gasteiger partial charge in [0.1, 0.15) is 0 Å². The van der Waals surface area contributed by atoms with Crippen molar-refractivity contribution in [1.29, 1.82) is 0 Å². The van der Waals surface area contributed by atoms with Crippen molar-refractivity contribution in [1.82, 2.24) is 5.32 Å². The van der Waals surface area contributed by atoms with E-state index in [0.717, 1.165) is 11.3 Å². The normalized spacial score (nSPS) is 12.3. The Morgan fingerprint density at radius 3 is 2.42 bits per heavy atom. The molecule has 0 aliphatic carbocycles. The number of nitrogens with one attached hydrogen (secondary N) is 2. The molecule has 0 fully saturated rings. The predicted octanol–water partition coefficient (Wildman–Crippen LogP) is 3.13. The van der Waals surface area contributed by atoms with Crippen molar-refractivity contribution in [2.45, 2.75) is 13.0 Å². The summed E-state index contributed by atoms with van der Waals surface area (Å²) in [5.74, 6) is 0. The van der Waals surface area contributed by atoms with Gasteiger partial charge in [0.05, 0.1) is 18.0 Å². The predicted molar refractivity (Wildman–Crippen MR) is 104 cm³/mol. The molecular formula is C17H21N3O2S2. The summed E-state index contributed by atoms with van der Waals surface area (Å²) in [6.45, 7) is 2.02. The highest BCUT2D eigenvalue weighted by atomic mass is 32.2. The van der Waals surface area contributed by atoms with Gasteiger partial charge in [-0.1, -0.05) is 36.4 Å². The van der Waals surface area contributed by atoms with Crippen molar-refractivity contribution in [3.05, 3.63) is 60.2 Å². The molecule has 0 aliphatic heterocycles. The van der Waals surface area contributed by atoms with Crippen LogP contribution in [0.15, 0.2) is 54.6 Å². The second kappa shape index (κ2) is 7.63. The highest BCUT2D eigenvalue weighted by molar-refractivity contribution is 7.92. The fourth-order valence-corrected chi connectivity index (χ4v) is 2.95. The molecule has 0 aromatic heterocycles. The summed E-state index contributed by atoms with van der Waals surface area (Å²) in [7, 11) is -1.78. The van der Waals surface area contributed by atoms with Crippen molar-refractivity contribution in [2.75, 3.05) is 22.9 Å². The second-order valence-electron chi connectivity index (χ2n) is 5.51. The fourth-order valence-electron chi connectivity index (χ4n) is 2.16. The Balaban J connectivity index is 2.04. The molecule has 2 rings (SSSR count). The molecule has 2 aromatic rings. The average Bonchev–Trinajstić information content (AvgIpc) is 2.54. The van der Waals surface area contributed by atoms with E-state index in [9.17, 15) is 8.42 Å². The number of hydrogen-bond donors (Lipinski definition) is 2. The molecule has 0 radical (unpaired) electrons. The van der Waals surface area contributed by atoms with E-state index in [2.05, 4.69) is 10.6 Å². The Kier molecular flexibility index (Phi) is 5.80. The summed E-state index contributed by atoms with van der Waals surface area (Å²) in [5.41, 5.74) is 2.43. The van der Waals surface area contributed by atoms with Gasteiger partial charge in [-0.3, -0.25) is 4.31 Å². The van der Waals surface area contributed by atoms with Gasteiger partial charge in [0.15, 0.2) is 5.11 Å². The zero-order valence-corrected chi connectivity index (χ0v) is 15.5. The van der Waals surface area contributed by atoms with E-state index >= 15 is 0 Å². The number of nitrogens with zero attached hydrogens (tertiary/aromatic N) is 1. The number of benzene rings is 2.